The molecule has 1 aliphatic heterocycles. The highest BCUT2D eigenvalue weighted by Crippen LogP contribution is 2.37. The van der Waals surface area contributed by atoms with E-state index in [2.05, 4.69) is 32.6 Å². The van der Waals surface area contributed by atoms with Gasteiger partial charge in [-0.3, -0.25) is 4.90 Å². The molecule has 2 nitrogen and oxygen atoms in total. The lowest BCUT2D eigenvalue weighted by Gasteiger charge is -2.45. The van der Waals surface area contributed by atoms with Crippen molar-refractivity contribution in [3.05, 3.63) is 0 Å². The molecule has 0 radical (unpaired) electrons. The molecule has 0 spiro atoms. The van der Waals surface area contributed by atoms with Crippen LogP contribution < -0.4 is 0 Å². The van der Waals surface area contributed by atoms with Crippen molar-refractivity contribution in [1.82, 2.24) is 4.90 Å². The molecular formula is C12H25NO. The third kappa shape index (κ3) is 2.71. The fourth-order valence-electron chi connectivity index (χ4n) is 2.81. The monoisotopic (exact) mass is 199 g/mol. The highest BCUT2D eigenvalue weighted by molar-refractivity contribution is 4.87. The van der Waals surface area contributed by atoms with Gasteiger partial charge in [-0.2, -0.15) is 0 Å². The largest absolute Gasteiger partial charge is 0.395 e. The summed E-state index contributed by atoms with van der Waals surface area (Å²) in [7, 11) is 0. The molecule has 2 heteroatoms. The van der Waals surface area contributed by atoms with Gasteiger partial charge in [0.15, 0.2) is 0 Å². The molecule has 2 atom stereocenters. The van der Waals surface area contributed by atoms with Crippen molar-refractivity contribution >= 4 is 0 Å². The summed E-state index contributed by atoms with van der Waals surface area (Å²) in [5.41, 5.74) is 0.396. The van der Waals surface area contributed by atoms with Crippen LogP contribution in [0.15, 0.2) is 0 Å². The number of rotatable bonds is 2. The fraction of sp³-hybridized carbons (Fsp3) is 1.00. The summed E-state index contributed by atoms with van der Waals surface area (Å²) in [6, 6.07) is 0.621. The number of β-amino-alcohol motifs (C(OH)–C–C–N with tert-alkyl or cyclic N) is 1. The van der Waals surface area contributed by atoms with Crippen LogP contribution >= 0.6 is 0 Å². The van der Waals surface area contributed by atoms with Crippen LogP contribution in [0, 0.1) is 11.3 Å². The molecule has 1 aliphatic rings. The van der Waals surface area contributed by atoms with Gasteiger partial charge in [0.2, 0.25) is 0 Å². The number of hydrogen-bond acceptors (Lipinski definition) is 2. The van der Waals surface area contributed by atoms with E-state index >= 15 is 0 Å². The molecule has 1 rings (SSSR count). The van der Waals surface area contributed by atoms with Crippen LogP contribution in [-0.4, -0.2) is 35.7 Å². The average Bonchev–Trinajstić information content (AvgIpc) is 2.07. The van der Waals surface area contributed by atoms with E-state index in [1.807, 2.05) is 0 Å². The van der Waals surface area contributed by atoms with E-state index in [9.17, 15) is 0 Å². The van der Waals surface area contributed by atoms with Crippen molar-refractivity contribution in [2.75, 3.05) is 19.7 Å². The fourth-order valence-corrected chi connectivity index (χ4v) is 2.81. The van der Waals surface area contributed by atoms with Crippen molar-refractivity contribution in [2.24, 2.45) is 11.3 Å². The van der Waals surface area contributed by atoms with E-state index in [1.54, 1.807) is 0 Å². The van der Waals surface area contributed by atoms with Gasteiger partial charge in [0.25, 0.3) is 0 Å². The molecule has 0 aromatic rings. The quantitative estimate of drug-likeness (QED) is 0.736. The van der Waals surface area contributed by atoms with Gasteiger partial charge in [0.05, 0.1) is 6.61 Å². The summed E-state index contributed by atoms with van der Waals surface area (Å²) in [6.45, 7) is 11.6. The first-order valence-corrected chi connectivity index (χ1v) is 5.81. The van der Waals surface area contributed by atoms with Crippen LogP contribution in [-0.2, 0) is 0 Å². The van der Waals surface area contributed by atoms with Crippen molar-refractivity contribution in [2.45, 2.75) is 46.6 Å². The minimum atomic E-state index is 0.293. The lowest BCUT2D eigenvalue weighted by molar-refractivity contribution is 0.0315. The Kier molecular flexibility index (Phi) is 3.96. The smallest absolute Gasteiger partial charge is 0.0558 e. The molecule has 1 N–H and O–H groups in total. The Morgan fingerprint density at radius 2 is 2.00 bits per heavy atom. The Hall–Kier alpha value is -0.0800. The topological polar surface area (TPSA) is 23.5 Å². The SMILES string of the molecule is CC1C(C(C)(C)C)CCCN1CCO. The number of piperidine rings is 1. The maximum atomic E-state index is 8.98. The maximum Gasteiger partial charge on any atom is 0.0558 e. The molecule has 1 saturated heterocycles. The Morgan fingerprint density at radius 3 is 2.50 bits per heavy atom. The maximum absolute atomic E-state index is 8.98. The van der Waals surface area contributed by atoms with E-state index in [1.165, 1.54) is 12.8 Å². The van der Waals surface area contributed by atoms with Crippen molar-refractivity contribution in [1.29, 1.82) is 0 Å². The molecular weight excluding hydrogens is 174 g/mol. The van der Waals surface area contributed by atoms with Crippen LogP contribution in [0.4, 0.5) is 0 Å². The van der Waals surface area contributed by atoms with Crippen LogP contribution in [0.2, 0.25) is 0 Å². The Bertz CT molecular complexity index is 172. The van der Waals surface area contributed by atoms with Gasteiger partial charge in [-0.25, -0.2) is 0 Å². The number of aliphatic hydroxyl groups excluding tert-OH is 1. The first-order chi connectivity index (χ1) is 6.46. The molecule has 84 valence electrons. The van der Waals surface area contributed by atoms with E-state index in [4.69, 9.17) is 5.11 Å². The Labute approximate surface area is 88.3 Å². The van der Waals surface area contributed by atoms with Crippen LogP contribution in [0.25, 0.3) is 0 Å². The summed E-state index contributed by atoms with van der Waals surface area (Å²) in [4.78, 5) is 2.43. The molecule has 14 heavy (non-hydrogen) atoms. The highest BCUT2D eigenvalue weighted by atomic mass is 16.3. The molecule has 1 heterocycles. The summed E-state index contributed by atoms with van der Waals surface area (Å²) < 4.78 is 0. The van der Waals surface area contributed by atoms with Crippen molar-refractivity contribution in [3.63, 3.8) is 0 Å². The standard InChI is InChI=1S/C12H25NO/c1-10-11(12(2,3)4)6-5-7-13(10)8-9-14/h10-11,14H,5-9H2,1-4H3. The molecule has 0 aromatic heterocycles. The predicted molar refractivity (Wildman–Crippen MR) is 60.3 cm³/mol. The third-order valence-corrected chi connectivity index (χ3v) is 3.62. The molecule has 1 fully saturated rings. The number of nitrogens with zero attached hydrogens (tertiary/aromatic N) is 1. The van der Waals surface area contributed by atoms with E-state index in [0.717, 1.165) is 19.0 Å². The van der Waals surface area contributed by atoms with Crippen LogP contribution in [0.1, 0.15) is 40.5 Å². The summed E-state index contributed by atoms with van der Waals surface area (Å²) in [5, 5.41) is 8.98. The van der Waals surface area contributed by atoms with Gasteiger partial charge < -0.3 is 5.11 Å². The molecule has 0 aliphatic carbocycles. The average molecular weight is 199 g/mol. The van der Waals surface area contributed by atoms with Gasteiger partial charge in [-0.05, 0) is 37.6 Å². The lowest BCUT2D eigenvalue weighted by Crippen LogP contribution is -2.48. The lowest BCUT2D eigenvalue weighted by atomic mass is 9.72. The van der Waals surface area contributed by atoms with Gasteiger partial charge in [0, 0.05) is 12.6 Å². The Balaban J connectivity index is 2.61. The zero-order valence-corrected chi connectivity index (χ0v) is 10.1. The second-order valence-corrected chi connectivity index (χ2v) is 5.61. The minimum Gasteiger partial charge on any atom is -0.395 e. The van der Waals surface area contributed by atoms with Gasteiger partial charge in [-0.1, -0.05) is 20.8 Å². The number of hydrogen-bond donors (Lipinski definition) is 1. The summed E-state index contributed by atoms with van der Waals surface area (Å²) in [6.07, 6.45) is 2.62. The van der Waals surface area contributed by atoms with Crippen LogP contribution in [0.3, 0.4) is 0 Å². The Morgan fingerprint density at radius 1 is 1.36 bits per heavy atom. The van der Waals surface area contributed by atoms with Gasteiger partial charge in [0.1, 0.15) is 0 Å². The zero-order chi connectivity index (χ0) is 10.8. The normalized spacial score (nSPS) is 30.6. The molecule has 0 amide bonds. The summed E-state index contributed by atoms with van der Waals surface area (Å²) >= 11 is 0. The van der Waals surface area contributed by atoms with Gasteiger partial charge >= 0.3 is 0 Å². The number of aliphatic hydroxyl groups is 1. The van der Waals surface area contributed by atoms with E-state index in [0.29, 0.717) is 18.1 Å². The number of likely N-dealkylation sites (tertiary alicyclic amines) is 1. The molecule has 0 bridgehead atoms. The first kappa shape index (κ1) is 12.0. The highest BCUT2D eigenvalue weighted by Gasteiger charge is 2.35. The summed E-state index contributed by atoms with van der Waals surface area (Å²) in [5.74, 6) is 0.766. The van der Waals surface area contributed by atoms with Gasteiger partial charge in [-0.15, -0.1) is 0 Å². The second kappa shape index (κ2) is 4.63. The van der Waals surface area contributed by atoms with Crippen LogP contribution in [0.5, 0.6) is 0 Å². The second-order valence-electron chi connectivity index (χ2n) is 5.61. The van der Waals surface area contributed by atoms with E-state index in [-0.39, 0.29) is 0 Å². The minimum absolute atomic E-state index is 0.293. The molecule has 0 saturated carbocycles. The zero-order valence-electron chi connectivity index (χ0n) is 10.1. The predicted octanol–water partition coefficient (Wildman–Crippen LogP) is 2.13. The third-order valence-electron chi connectivity index (χ3n) is 3.62. The first-order valence-electron chi connectivity index (χ1n) is 5.81. The van der Waals surface area contributed by atoms with Crippen molar-refractivity contribution < 1.29 is 5.11 Å². The van der Waals surface area contributed by atoms with E-state index < -0.39 is 0 Å². The van der Waals surface area contributed by atoms with Crippen molar-refractivity contribution in [3.8, 4) is 0 Å². The molecule has 0 aromatic carbocycles. The molecule has 2 unspecified atom stereocenters.